The summed E-state index contributed by atoms with van der Waals surface area (Å²) in [5, 5.41) is 10.5. The fourth-order valence-electron chi connectivity index (χ4n) is 1.77. The Labute approximate surface area is 132 Å². The molecule has 0 radical (unpaired) electrons. The number of halogens is 3. The lowest BCUT2D eigenvalue weighted by Gasteiger charge is -2.16. The van der Waals surface area contributed by atoms with Gasteiger partial charge in [0.2, 0.25) is 0 Å². The van der Waals surface area contributed by atoms with E-state index in [9.17, 15) is 5.11 Å². The van der Waals surface area contributed by atoms with Gasteiger partial charge in [-0.25, -0.2) is 0 Å². The highest BCUT2D eigenvalue weighted by Gasteiger charge is 2.17. The molecule has 0 saturated carbocycles. The second kappa shape index (κ2) is 5.87. The van der Waals surface area contributed by atoms with Crippen LogP contribution in [0.5, 0.6) is 0 Å². The zero-order valence-corrected chi connectivity index (χ0v) is 14.4. The topological polar surface area (TPSA) is 20.2 Å². The molecule has 1 atom stereocenters. The average Bonchev–Trinajstić information content (AvgIpc) is 2.35. The predicted octanol–water partition coefficient (Wildman–Crippen LogP) is 5.36. The maximum atomic E-state index is 10.5. The minimum Gasteiger partial charge on any atom is -0.384 e. The first-order valence-electron chi connectivity index (χ1n) is 5.38. The minimum absolute atomic E-state index is 0.661. The second-order valence-corrected chi connectivity index (χ2v) is 6.61. The van der Waals surface area contributed by atoms with Gasteiger partial charge in [0.1, 0.15) is 6.10 Å². The summed E-state index contributed by atoms with van der Waals surface area (Å²) in [5.41, 5.74) is 2.82. The molecule has 2 aromatic rings. The standard InChI is InChI=1S/C14H11Br3O/c1-8-3-2-4-10(13(8)17)14(18)11-7-9(15)5-6-12(11)16/h2-7,14,18H,1H3. The third-order valence-electron chi connectivity index (χ3n) is 2.77. The van der Waals surface area contributed by atoms with E-state index in [-0.39, 0.29) is 0 Å². The Bertz CT molecular complexity index is 579. The predicted molar refractivity (Wildman–Crippen MR) is 84.8 cm³/mol. The van der Waals surface area contributed by atoms with Crippen molar-refractivity contribution in [3.05, 3.63) is 66.5 Å². The molecule has 18 heavy (non-hydrogen) atoms. The molecule has 0 aliphatic rings. The molecule has 94 valence electrons. The molecular weight excluding hydrogens is 424 g/mol. The summed E-state index contributed by atoms with van der Waals surface area (Å²) in [4.78, 5) is 0. The molecule has 0 spiro atoms. The van der Waals surface area contributed by atoms with Crippen LogP contribution < -0.4 is 0 Å². The van der Waals surface area contributed by atoms with Crippen molar-refractivity contribution in [3.8, 4) is 0 Å². The summed E-state index contributed by atoms with van der Waals surface area (Å²) < 4.78 is 2.79. The van der Waals surface area contributed by atoms with Crippen LogP contribution in [-0.2, 0) is 0 Å². The molecule has 0 amide bonds. The zero-order chi connectivity index (χ0) is 13.3. The van der Waals surface area contributed by atoms with Gasteiger partial charge in [-0.15, -0.1) is 0 Å². The van der Waals surface area contributed by atoms with Crippen molar-refractivity contribution in [2.75, 3.05) is 0 Å². The molecule has 0 aromatic heterocycles. The van der Waals surface area contributed by atoms with Crippen LogP contribution in [0.25, 0.3) is 0 Å². The molecule has 0 aliphatic carbocycles. The van der Waals surface area contributed by atoms with Crippen molar-refractivity contribution in [3.63, 3.8) is 0 Å². The number of aliphatic hydroxyl groups is 1. The quantitative estimate of drug-likeness (QED) is 0.674. The fourth-order valence-corrected chi connectivity index (χ4v) is 3.10. The third-order valence-corrected chi connectivity index (χ3v) is 5.07. The second-order valence-electron chi connectivity index (χ2n) is 4.05. The Balaban J connectivity index is 2.51. The number of hydrogen-bond donors (Lipinski definition) is 1. The van der Waals surface area contributed by atoms with Gasteiger partial charge in [-0.05, 0) is 36.2 Å². The van der Waals surface area contributed by atoms with Crippen molar-refractivity contribution in [1.29, 1.82) is 0 Å². The van der Waals surface area contributed by atoms with Gasteiger partial charge in [-0.3, -0.25) is 0 Å². The van der Waals surface area contributed by atoms with Crippen molar-refractivity contribution in [2.45, 2.75) is 13.0 Å². The van der Waals surface area contributed by atoms with Crippen LogP contribution in [0.2, 0.25) is 0 Å². The molecule has 0 aliphatic heterocycles. The normalized spacial score (nSPS) is 12.5. The van der Waals surface area contributed by atoms with E-state index in [1.54, 1.807) is 0 Å². The van der Waals surface area contributed by atoms with Crippen LogP contribution in [0.1, 0.15) is 22.8 Å². The van der Waals surface area contributed by atoms with Gasteiger partial charge in [0.25, 0.3) is 0 Å². The van der Waals surface area contributed by atoms with E-state index in [0.29, 0.717) is 0 Å². The van der Waals surface area contributed by atoms with E-state index in [2.05, 4.69) is 47.8 Å². The van der Waals surface area contributed by atoms with Crippen molar-refractivity contribution in [1.82, 2.24) is 0 Å². The van der Waals surface area contributed by atoms with Gasteiger partial charge in [0.05, 0.1) is 0 Å². The summed E-state index contributed by atoms with van der Waals surface area (Å²) >= 11 is 10.4. The molecular formula is C14H11Br3O. The summed E-state index contributed by atoms with van der Waals surface area (Å²) in [5.74, 6) is 0. The highest BCUT2D eigenvalue weighted by molar-refractivity contribution is 9.11. The van der Waals surface area contributed by atoms with E-state index in [0.717, 1.165) is 30.1 Å². The van der Waals surface area contributed by atoms with Crippen LogP contribution in [0.3, 0.4) is 0 Å². The summed E-state index contributed by atoms with van der Waals surface area (Å²) in [6.07, 6.45) is -0.661. The van der Waals surface area contributed by atoms with Crippen LogP contribution >= 0.6 is 47.8 Å². The first-order valence-corrected chi connectivity index (χ1v) is 7.76. The highest BCUT2D eigenvalue weighted by atomic mass is 79.9. The van der Waals surface area contributed by atoms with E-state index < -0.39 is 6.10 Å². The maximum absolute atomic E-state index is 10.5. The summed E-state index contributed by atoms with van der Waals surface area (Å²) in [6, 6.07) is 11.7. The van der Waals surface area contributed by atoms with Crippen molar-refractivity contribution in [2.24, 2.45) is 0 Å². The number of hydrogen-bond acceptors (Lipinski definition) is 1. The number of rotatable bonds is 2. The van der Waals surface area contributed by atoms with Crippen LogP contribution in [-0.4, -0.2) is 5.11 Å². The van der Waals surface area contributed by atoms with E-state index >= 15 is 0 Å². The smallest absolute Gasteiger partial charge is 0.106 e. The highest BCUT2D eigenvalue weighted by Crippen LogP contribution is 2.35. The Morgan fingerprint density at radius 3 is 2.44 bits per heavy atom. The number of aliphatic hydroxyl groups excluding tert-OH is 1. The minimum atomic E-state index is -0.661. The molecule has 4 heteroatoms. The van der Waals surface area contributed by atoms with Gasteiger partial charge in [-0.1, -0.05) is 66.0 Å². The van der Waals surface area contributed by atoms with Gasteiger partial charge >= 0.3 is 0 Å². The molecule has 0 fully saturated rings. The third kappa shape index (κ3) is 2.87. The summed E-state index contributed by atoms with van der Waals surface area (Å²) in [6.45, 7) is 2.01. The number of benzene rings is 2. The SMILES string of the molecule is Cc1cccc(C(O)c2cc(Br)ccc2Br)c1Br. The molecule has 2 aromatic carbocycles. The van der Waals surface area contributed by atoms with E-state index in [1.165, 1.54) is 0 Å². The molecule has 1 N–H and O–H groups in total. The van der Waals surface area contributed by atoms with Gasteiger partial charge in [0.15, 0.2) is 0 Å². The molecule has 0 saturated heterocycles. The largest absolute Gasteiger partial charge is 0.384 e. The zero-order valence-electron chi connectivity index (χ0n) is 9.62. The molecule has 1 unspecified atom stereocenters. The molecule has 2 rings (SSSR count). The van der Waals surface area contributed by atoms with Crippen molar-refractivity contribution >= 4 is 47.8 Å². The Morgan fingerprint density at radius 1 is 1.00 bits per heavy atom. The lowest BCUT2D eigenvalue weighted by Crippen LogP contribution is -2.02. The summed E-state index contributed by atoms with van der Waals surface area (Å²) in [7, 11) is 0. The molecule has 0 bridgehead atoms. The maximum Gasteiger partial charge on any atom is 0.106 e. The average molecular weight is 435 g/mol. The lowest BCUT2D eigenvalue weighted by molar-refractivity contribution is 0.218. The van der Waals surface area contributed by atoms with Gasteiger partial charge in [-0.2, -0.15) is 0 Å². The number of aryl methyl sites for hydroxylation is 1. The first kappa shape index (κ1) is 14.3. The van der Waals surface area contributed by atoms with Crippen LogP contribution in [0.15, 0.2) is 49.8 Å². The Hall–Kier alpha value is -0.160. The molecule has 1 nitrogen and oxygen atoms in total. The fraction of sp³-hybridized carbons (Fsp3) is 0.143. The van der Waals surface area contributed by atoms with Gasteiger partial charge in [0, 0.05) is 19.0 Å². The van der Waals surface area contributed by atoms with Crippen molar-refractivity contribution < 1.29 is 5.11 Å². The lowest BCUT2D eigenvalue weighted by atomic mass is 10.0. The van der Waals surface area contributed by atoms with Crippen LogP contribution in [0, 0.1) is 6.92 Å². The Morgan fingerprint density at radius 2 is 1.72 bits per heavy atom. The first-order chi connectivity index (χ1) is 8.50. The van der Waals surface area contributed by atoms with E-state index in [4.69, 9.17) is 0 Å². The molecule has 0 heterocycles. The van der Waals surface area contributed by atoms with Gasteiger partial charge < -0.3 is 5.11 Å². The van der Waals surface area contributed by atoms with Crippen LogP contribution in [0.4, 0.5) is 0 Å². The Kier molecular flexibility index (Phi) is 4.64. The monoisotopic (exact) mass is 432 g/mol. The van der Waals surface area contributed by atoms with E-state index in [1.807, 2.05) is 43.3 Å².